The van der Waals surface area contributed by atoms with Gasteiger partial charge in [0.05, 0.1) is 10.3 Å². The number of sulfone groups is 1. The molecule has 3 aliphatic heterocycles. The molecule has 210 valence electrons. The molecular weight excluding hydrogens is 512 g/mol. The monoisotopic (exact) mass is 552 g/mol. The topological polar surface area (TPSA) is 81.2 Å². The molecule has 39 heavy (non-hydrogen) atoms. The highest BCUT2D eigenvalue weighted by Gasteiger charge is 2.48. The fourth-order valence-corrected chi connectivity index (χ4v) is 7.27. The Labute approximate surface area is 232 Å². The van der Waals surface area contributed by atoms with E-state index in [1.54, 1.807) is 17.0 Å². The smallest absolute Gasteiger partial charge is 0.319 e. The van der Waals surface area contributed by atoms with E-state index in [-0.39, 0.29) is 17.4 Å². The summed E-state index contributed by atoms with van der Waals surface area (Å²) in [5, 5.41) is 0. The normalized spacial score (nSPS) is 23.5. The van der Waals surface area contributed by atoms with Crippen molar-refractivity contribution in [2.45, 2.75) is 36.6 Å². The molecule has 0 radical (unpaired) electrons. The number of hydrogen-bond donors (Lipinski definition) is 0. The number of likely N-dealkylation sites (tertiary alicyclic amines) is 3. The fourth-order valence-electron chi connectivity index (χ4n) is 6.64. The third kappa shape index (κ3) is 5.84. The first-order valence-corrected chi connectivity index (χ1v) is 15.8. The predicted octanol–water partition coefficient (Wildman–Crippen LogP) is 3.30. The average molecular weight is 553 g/mol. The lowest BCUT2D eigenvalue weighted by atomic mass is 9.76. The van der Waals surface area contributed by atoms with Gasteiger partial charge in [-0.2, -0.15) is 0 Å². The Morgan fingerprint density at radius 1 is 0.949 bits per heavy atom. The fraction of sp³-hybridized carbons (Fsp3) is 0.533. The van der Waals surface area contributed by atoms with Crippen molar-refractivity contribution < 1.29 is 18.0 Å². The molecule has 2 aromatic rings. The molecule has 5 rings (SSSR count). The Bertz CT molecular complexity index is 1290. The molecule has 0 aliphatic carbocycles. The largest absolute Gasteiger partial charge is 0.338 e. The van der Waals surface area contributed by atoms with E-state index in [1.165, 1.54) is 11.8 Å². The summed E-state index contributed by atoms with van der Waals surface area (Å²) in [6.45, 7) is 5.46. The number of piperidine rings is 1. The van der Waals surface area contributed by atoms with Crippen LogP contribution in [0.3, 0.4) is 0 Å². The maximum Gasteiger partial charge on any atom is 0.319 e. The zero-order valence-corrected chi connectivity index (χ0v) is 24.1. The van der Waals surface area contributed by atoms with Crippen molar-refractivity contribution in [3.8, 4) is 0 Å². The molecule has 8 nitrogen and oxygen atoms in total. The van der Waals surface area contributed by atoms with Crippen molar-refractivity contribution in [3.05, 3.63) is 65.7 Å². The third-order valence-electron chi connectivity index (χ3n) is 8.95. The summed E-state index contributed by atoms with van der Waals surface area (Å²) in [5.74, 6) is 0.903. The van der Waals surface area contributed by atoms with E-state index in [4.69, 9.17) is 0 Å². The van der Waals surface area contributed by atoms with Crippen molar-refractivity contribution >= 4 is 21.8 Å². The van der Waals surface area contributed by atoms with E-state index < -0.39 is 9.84 Å². The summed E-state index contributed by atoms with van der Waals surface area (Å²) in [7, 11) is 0.387. The van der Waals surface area contributed by atoms with Crippen molar-refractivity contribution in [1.29, 1.82) is 0 Å². The van der Waals surface area contributed by atoms with E-state index in [9.17, 15) is 18.0 Å². The van der Waals surface area contributed by atoms with Gasteiger partial charge < -0.3 is 19.6 Å². The summed E-state index contributed by atoms with van der Waals surface area (Å²) in [5.41, 5.74) is 1.96. The molecule has 9 heteroatoms. The molecular formula is C30H40N4O4S. The molecule has 3 saturated heterocycles. The van der Waals surface area contributed by atoms with Gasteiger partial charge in [-0.25, -0.2) is 13.2 Å². The summed E-state index contributed by atoms with van der Waals surface area (Å²) in [6.07, 6.45) is 3.80. The van der Waals surface area contributed by atoms with Crippen LogP contribution in [0.4, 0.5) is 4.79 Å². The standard InChI is InChI=1S/C30H40N4O4S/c1-31(2)29(36)34-21-25(27(22-34)24-7-5-4-6-8-24)20-32-16-13-30(14-17-32)15-18-33(28(30)35)19-23-9-11-26(12-10-23)39(3,37)38/h4-12,25,27H,13-22H2,1-3H3/t25-,27?/m0/s1. The molecule has 3 aliphatic rings. The van der Waals surface area contributed by atoms with Crippen LogP contribution in [0.1, 0.15) is 36.3 Å². The van der Waals surface area contributed by atoms with E-state index in [1.807, 2.05) is 42.1 Å². The molecule has 0 N–H and O–H groups in total. The number of carbonyl (C=O) groups is 2. The van der Waals surface area contributed by atoms with Gasteiger partial charge in [0.2, 0.25) is 5.91 Å². The second-order valence-electron chi connectivity index (χ2n) is 11.8. The summed E-state index contributed by atoms with van der Waals surface area (Å²) >= 11 is 0. The van der Waals surface area contributed by atoms with E-state index in [2.05, 4.69) is 29.2 Å². The SMILES string of the molecule is CN(C)C(=O)N1CC(c2ccccc2)[C@@H](CN2CCC3(CC2)CCN(Cc2ccc(S(C)(=O)=O)cc2)C3=O)C1. The number of amides is 3. The van der Waals surface area contributed by atoms with Crippen LogP contribution in [0, 0.1) is 11.3 Å². The molecule has 0 saturated carbocycles. The van der Waals surface area contributed by atoms with Crippen LogP contribution < -0.4 is 0 Å². The molecule has 3 fully saturated rings. The molecule has 2 atom stereocenters. The number of hydrogen-bond acceptors (Lipinski definition) is 5. The lowest BCUT2D eigenvalue weighted by molar-refractivity contribution is -0.139. The Morgan fingerprint density at radius 2 is 1.59 bits per heavy atom. The second kappa shape index (κ2) is 10.9. The van der Waals surface area contributed by atoms with Crippen molar-refractivity contribution in [1.82, 2.24) is 19.6 Å². The van der Waals surface area contributed by atoms with Gasteiger partial charge in [0.1, 0.15) is 0 Å². The van der Waals surface area contributed by atoms with Crippen LogP contribution in [-0.2, 0) is 21.2 Å². The van der Waals surface area contributed by atoms with Crippen molar-refractivity contribution in [2.75, 3.05) is 59.6 Å². The lowest BCUT2D eigenvalue weighted by Gasteiger charge is -2.39. The lowest BCUT2D eigenvalue weighted by Crippen LogP contribution is -2.46. The van der Waals surface area contributed by atoms with Gasteiger partial charge in [-0.1, -0.05) is 42.5 Å². The quantitative estimate of drug-likeness (QED) is 0.550. The molecule has 3 amide bonds. The van der Waals surface area contributed by atoms with E-state index >= 15 is 0 Å². The Balaban J connectivity index is 1.20. The highest BCUT2D eigenvalue weighted by atomic mass is 32.2. The number of nitrogens with zero attached hydrogens (tertiary/aromatic N) is 4. The van der Waals surface area contributed by atoms with Crippen LogP contribution >= 0.6 is 0 Å². The first-order valence-electron chi connectivity index (χ1n) is 13.9. The molecule has 2 aromatic carbocycles. The Morgan fingerprint density at radius 3 is 2.21 bits per heavy atom. The first-order chi connectivity index (χ1) is 18.6. The van der Waals surface area contributed by atoms with Gasteiger partial charge in [0.25, 0.3) is 0 Å². The molecule has 3 heterocycles. The maximum absolute atomic E-state index is 13.5. The van der Waals surface area contributed by atoms with Crippen molar-refractivity contribution in [2.24, 2.45) is 11.3 Å². The van der Waals surface area contributed by atoms with E-state index in [0.717, 1.165) is 64.1 Å². The number of benzene rings is 2. The van der Waals surface area contributed by atoms with Crippen LogP contribution in [0.2, 0.25) is 0 Å². The molecule has 0 bridgehead atoms. The minimum Gasteiger partial charge on any atom is -0.338 e. The van der Waals surface area contributed by atoms with Crippen molar-refractivity contribution in [3.63, 3.8) is 0 Å². The zero-order chi connectivity index (χ0) is 27.8. The van der Waals surface area contributed by atoms with Gasteiger partial charge >= 0.3 is 6.03 Å². The Hall–Kier alpha value is -2.91. The van der Waals surface area contributed by atoms with Crippen LogP contribution in [-0.4, -0.2) is 99.6 Å². The van der Waals surface area contributed by atoms with Crippen LogP contribution in [0.25, 0.3) is 0 Å². The first kappa shape index (κ1) is 27.6. The second-order valence-corrected chi connectivity index (χ2v) is 13.8. The Kier molecular flexibility index (Phi) is 7.75. The van der Waals surface area contributed by atoms with Gasteiger partial charge in [-0.3, -0.25) is 4.79 Å². The number of rotatable bonds is 6. The van der Waals surface area contributed by atoms with Gasteiger partial charge in [0, 0.05) is 59.0 Å². The summed E-state index contributed by atoms with van der Waals surface area (Å²) in [6, 6.07) is 17.5. The van der Waals surface area contributed by atoms with Gasteiger partial charge in [-0.15, -0.1) is 0 Å². The molecule has 1 spiro atoms. The number of carbonyl (C=O) groups excluding carboxylic acids is 2. The predicted molar refractivity (Wildman–Crippen MR) is 151 cm³/mol. The minimum atomic E-state index is -3.23. The highest BCUT2D eigenvalue weighted by molar-refractivity contribution is 7.90. The minimum absolute atomic E-state index is 0.0682. The molecule has 0 aromatic heterocycles. The zero-order valence-electron chi connectivity index (χ0n) is 23.3. The van der Waals surface area contributed by atoms with Gasteiger partial charge in [0.15, 0.2) is 9.84 Å². The summed E-state index contributed by atoms with van der Waals surface area (Å²) < 4.78 is 23.5. The highest BCUT2D eigenvalue weighted by Crippen LogP contribution is 2.43. The molecule has 1 unspecified atom stereocenters. The summed E-state index contributed by atoms with van der Waals surface area (Å²) in [4.78, 5) is 34.7. The van der Waals surface area contributed by atoms with Crippen LogP contribution in [0.15, 0.2) is 59.5 Å². The maximum atomic E-state index is 13.5. The van der Waals surface area contributed by atoms with Gasteiger partial charge in [-0.05, 0) is 61.5 Å². The van der Waals surface area contributed by atoms with E-state index in [0.29, 0.717) is 23.3 Å². The van der Waals surface area contributed by atoms with Crippen LogP contribution in [0.5, 0.6) is 0 Å². The average Bonchev–Trinajstić information content (AvgIpc) is 3.47. The number of urea groups is 1. The third-order valence-corrected chi connectivity index (χ3v) is 10.1.